The van der Waals surface area contributed by atoms with Crippen molar-refractivity contribution >= 4 is 18.7 Å². The minimum absolute atomic E-state index is 0.518. The van der Waals surface area contributed by atoms with Crippen molar-refractivity contribution in [1.82, 2.24) is 0 Å². The van der Waals surface area contributed by atoms with Crippen LogP contribution in [0.25, 0.3) is 0 Å². The maximum absolute atomic E-state index is 6.11. The van der Waals surface area contributed by atoms with Crippen molar-refractivity contribution < 1.29 is 4.52 Å². The molecule has 0 aliphatic heterocycles. The zero-order valence-corrected chi connectivity index (χ0v) is 11.2. The summed E-state index contributed by atoms with van der Waals surface area (Å²) in [6.07, 6.45) is 14.0. The predicted octanol–water partition coefficient (Wildman–Crippen LogP) is 4.53. The van der Waals surface area contributed by atoms with Gasteiger partial charge in [-0.3, -0.25) is 0 Å². The second kappa shape index (κ2) is 6.27. The molecule has 0 aromatic rings. The molecule has 0 bridgehead atoms. The molecule has 0 saturated heterocycles. The van der Waals surface area contributed by atoms with Crippen LogP contribution < -0.4 is 0 Å². The fraction of sp³-hybridized carbons (Fsp3) is 1.00. The van der Waals surface area contributed by atoms with Gasteiger partial charge in [-0.25, -0.2) is 0 Å². The van der Waals surface area contributed by atoms with Crippen LogP contribution in [0.5, 0.6) is 0 Å². The van der Waals surface area contributed by atoms with Gasteiger partial charge in [0.1, 0.15) is 6.10 Å². The third kappa shape index (κ3) is 3.76. The molecule has 0 radical (unpaired) electrons. The molecule has 0 heterocycles. The second-order valence-corrected chi connectivity index (χ2v) is 7.53. The lowest BCUT2D eigenvalue weighted by molar-refractivity contribution is 0.174. The van der Waals surface area contributed by atoms with Crippen molar-refractivity contribution in [2.24, 2.45) is 0 Å². The summed E-state index contributed by atoms with van der Waals surface area (Å²) in [6, 6.07) is 0. The molecule has 2 rings (SSSR count). The highest BCUT2D eigenvalue weighted by molar-refractivity contribution is 8.03. The molecule has 0 amide bonds. The van der Waals surface area contributed by atoms with Crippen LogP contribution in [0.15, 0.2) is 0 Å². The van der Waals surface area contributed by atoms with E-state index >= 15 is 0 Å². The zero-order valence-electron chi connectivity index (χ0n) is 9.49. The molecule has 1 nitrogen and oxygen atoms in total. The van der Waals surface area contributed by atoms with Crippen molar-refractivity contribution in [3.63, 3.8) is 0 Å². The topological polar surface area (TPSA) is 9.23 Å². The van der Waals surface area contributed by atoms with E-state index in [-0.39, 0.29) is 0 Å². The fourth-order valence-electron chi connectivity index (χ4n) is 2.70. The summed E-state index contributed by atoms with van der Waals surface area (Å²) in [7, 11) is 0. The number of rotatable bonds is 3. The summed E-state index contributed by atoms with van der Waals surface area (Å²) in [5.41, 5.74) is 0.741. The standard InChI is InChI=1S/C12H22OPS/c15-14(12-9-5-2-6-10-12)13-11-7-3-1-4-8-11/h11-12H,1-10H2/q+1. The third-order valence-corrected chi connectivity index (χ3v) is 6.45. The summed E-state index contributed by atoms with van der Waals surface area (Å²) < 4.78 is 6.11. The second-order valence-electron chi connectivity index (χ2n) is 4.94. The fourth-order valence-corrected chi connectivity index (χ4v) is 5.16. The molecule has 2 aliphatic carbocycles. The summed E-state index contributed by atoms with van der Waals surface area (Å²) in [6.45, 7) is -0.538. The Bertz CT molecular complexity index is 208. The van der Waals surface area contributed by atoms with E-state index in [9.17, 15) is 0 Å². The van der Waals surface area contributed by atoms with E-state index in [2.05, 4.69) is 0 Å². The van der Waals surface area contributed by atoms with E-state index in [1.165, 1.54) is 64.2 Å². The minimum atomic E-state index is -0.538. The number of hydrogen-bond donors (Lipinski definition) is 0. The van der Waals surface area contributed by atoms with Crippen LogP contribution in [-0.2, 0) is 16.3 Å². The van der Waals surface area contributed by atoms with Gasteiger partial charge in [-0.05, 0) is 38.5 Å². The molecule has 2 aliphatic rings. The minimum Gasteiger partial charge on any atom is -0.165 e. The molecule has 15 heavy (non-hydrogen) atoms. The van der Waals surface area contributed by atoms with Crippen molar-refractivity contribution in [2.75, 3.05) is 0 Å². The van der Waals surface area contributed by atoms with E-state index in [1.54, 1.807) is 0 Å². The van der Waals surface area contributed by atoms with Gasteiger partial charge in [-0.15, -0.1) is 0 Å². The van der Waals surface area contributed by atoms with E-state index in [0.29, 0.717) is 6.10 Å². The van der Waals surface area contributed by atoms with E-state index in [4.69, 9.17) is 16.3 Å². The maximum Gasteiger partial charge on any atom is 0.340 e. The molecule has 0 aromatic carbocycles. The van der Waals surface area contributed by atoms with Gasteiger partial charge in [-0.2, -0.15) is 4.52 Å². The molecule has 0 aromatic heterocycles. The highest BCUT2D eigenvalue weighted by Gasteiger charge is 2.32. The lowest BCUT2D eigenvalue weighted by atomic mass is 9.98. The van der Waals surface area contributed by atoms with Crippen LogP contribution in [0.4, 0.5) is 0 Å². The van der Waals surface area contributed by atoms with Gasteiger partial charge in [0.2, 0.25) is 0 Å². The van der Waals surface area contributed by atoms with Gasteiger partial charge in [-0.1, -0.05) is 25.7 Å². The molecule has 2 fully saturated rings. The Hall–Kier alpha value is 0.480. The molecule has 0 N–H and O–H groups in total. The van der Waals surface area contributed by atoms with Crippen molar-refractivity contribution in [3.8, 4) is 0 Å². The predicted molar refractivity (Wildman–Crippen MR) is 69.1 cm³/mol. The summed E-state index contributed by atoms with van der Waals surface area (Å²) in [5, 5.41) is 0. The van der Waals surface area contributed by atoms with Crippen LogP contribution in [0.2, 0.25) is 0 Å². The van der Waals surface area contributed by atoms with Crippen molar-refractivity contribution in [3.05, 3.63) is 0 Å². The van der Waals surface area contributed by atoms with Gasteiger partial charge < -0.3 is 0 Å². The van der Waals surface area contributed by atoms with Gasteiger partial charge >= 0.3 is 6.92 Å². The highest BCUT2D eigenvalue weighted by atomic mass is 32.4. The first-order valence-corrected chi connectivity index (χ1v) is 8.83. The van der Waals surface area contributed by atoms with Crippen LogP contribution in [0, 0.1) is 0 Å². The van der Waals surface area contributed by atoms with Gasteiger partial charge in [0.05, 0.1) is 0 Å². The largest absolute Gasteiger partial charge is 0.340 e. The molecule has 0 spiro atoms. The average molecular weight is 245 g/mol. The Morgan fingerprint density at radius 1 is 0.800 bits per heavy atom. The highest BCUT2D eigenvalue weighted by Crippen LogP contribution is 2.42. The molecular weight excluding hydrogens is 223 g/mol. The summed E-state index contributed by atoms with van der Waals surface area (Å²) in [4.78, 5) is 0. The average Bonchev–Trinajstić information content (AvgIpc) is 2.31. The van der Waals surface area contributed by atoms with Gasteiger partial charge in [0.25, 0.3) is 0 Å². The SMILES string of the molecule is S=[P+](OC1CCCCC1)C1CCCCC1. The quantitative estimate of drug-likeness (QED) is 0.676. The monoisotopic (exact) mass is 245 g/mol. The van der Waals surface area contributed by atoms with Gasteiger partial charge in [0, 0.05) is 0 Å². The lowest BCUT2D eigenvalue weighted by Gasteiger charge is -2.20. The Balaban J connectivity index is 1.74. The lowest BCUT2D eigenvalue weighted by Crippen LogP contribution is -2.16. The van der Waals surface area contributed by atoms with E-state index in [0.717, 1.165) is 5.66 Å². The third-order valence-electron chi connectivity index (χ3n) is 3.68. The Morgan fingerprint density at radius 2 is 1.33 bits per heavy atom. The summed E-state index contributed by atoms with van der Waals surface area (Å²) in [5.74, 6) is 0. The maximum atomic E-state index is 6.11. The molecule has 3 heteroatoms. The van der Waals surface area contributed by atoms with E-state index in [1.807, 2.05) is 0 Å². The normalized spacial score (nSPS) is 26.5. The van der Waals surface area contributed by atoms with Crippen LogP contribution in [0.1, 0.15) is 64.2 Å². The first-order valence-electron chi connectivity index (χ1n) is 6.49. The smallest absolute Gasteiger partial charge is 0.165 e. The first-order chi connectivity index (χ1) is 7.36. The van der Waals surface area contributed by atoms with Crippen LogP contribution in [0.3, 0.4) is 0 Å². The van der Waals surface area contributed by atoms with E-state index < -0.39 is 6.92 Å². The van der Waals surface area contributed by atoms with Crippen LogP contribution >= 0.6 is 6.92 Å². The molecule has 1 unspecified atom stereocenters. The molecule has 2 saturated carbocycles. The molecular formula is C12H22OPS+. The van der Waals surface area contributed by atoms with Crippen molar-refractivity contribution in [1.29, 1.82) is 0 Å². The zero-order chi connectivity index (χ0) is 10.5. The molecule has 1 atom stereocenters. The first kappa shape index (κ1) is 12.0. The summed E-state index contributed by atoms with van der Waals surface area (Å²) >= 11 is 5.58. The van der Waals surface area contributed by atoms with Crippen molar-refractivity contribution in [2.45, 2.75) is 76.0 Å². The molecule has 86 valence electrons. The Morgan fingerprint density at radius 3 is 1.93 bits per heavy atom. The number of hydrogen-bond acceptors (Lipinski definition) is 2. The van der Waals surface area contributed by atoms with Gasteiger partial charge in [0.15, 0.2) is 17.5 Å². The van der Waals surface area contributed by atoms with Crippen LogP contribution in [-0.4, -0.2) is 11.8 Å². The Kier molecular flexibility index (Phi) is 5.00. The Labute approximate surface area is 99.5 Å².